The molecule has 94 valence electrons. The number of carbonyl (C=O) groups is 1. The van der Waals surface area contributed by atoms with E-state index in [2.05, 4.69) is 6.92 Å². The molecule has 0 aliphatic rings. The van der Waals surface area contributed by atoms with Crippen LogP contribution in [0.3, 0.4) is 0 Å². The van der Waals surface area contributed by atoms with Gasteiger partial charge in [-0.3, -0.25) is 4.79 Å². The van der Waals surface area contributed by atoms with Crippen LogP contribution in [-0.4, -0.2) is 11.1 Å². The molecule has 0 radical (unpaired) electrons. The highest BCUT2D eigenvalue weighted by molar-refractivity contribution is 5.90. The van der Waals surface area contributed by atoms with Gasteiger partial charge in [-0.25, -0.2) is 0 Å². The second-order valence-corrected chi connectivity index (χ2v) is 4.60. The zero-order valence-electron chi connectivity index (χ0n) is 10.6. The Balaban J connectivity index is 2.46. The van der Waals surface area contributed by atoms with E-state index in [0.717, 1.165) is 29.2 Å². The second-order valence-electron chi connectivity index (χ2n) is 4.60. The average molecular weight is 242 g/mol. The highest BCUT2D eigenvalue weighted by Gasteiger charge is 2.20. The van der Waals surface area contributed by atoms with Crippen LogP contribution < -0.4 is 0 Å². The smallest absolute Gasteiger partial charge is 0.310 e. The number of fused-ring (bicyclic) bond motifs is 1. The third-order valence-corrected chi connectivity index (χ3v) is 3.34. The van der Waals surface area contributed by atoms with Crippen molar-refractivity contribution in [3.05, 3.63) is 48.0 Å². The van der Waals surface area contributed by atoms with Gasteiger partial charge in [0.2, 0.25) is 0 Å². The summed E-state index contributed by atoms with van der Waals surface area (Å²) >= 11 is 0. The largest absolute Gasteiger partial charge is 0.481 e. The van der Waals surface area contributed by atoms with Gasteiger partial charge >= 0.3 is 5.97 Å². The Morgan fingerprint density at radius 2 is 1.89 bits per heavy atom. The molecule has 1 unspecified atom stereocenters. The maximum absolute atomic E-state index is 11.4. The summed E-state index contributed by atoms with van der Waals surface area (Å²) in [5, 5.41) is 11.6. The number of benzene rings is 2. The molecule has 0 saturated carbocycles. The van der Waals surface area contributed by atoms with Gasteiger partial charge in [-0.15, -0.1) is 0 Å². The first-order valence-corrected chi connectivity index (χ1v) is 6.44. The third kappa shape index (κ3) is 2.53. The highest BCUT2D eigenvalue weighted by Crippen LogP contribution is 2.29. The molecule has 0 fully saturated rings. The van der Waals surface area contributed by atoms with Gasteiger partial charge in [0.1, 0.15) is 0 Å². The van der Waals surface area contributed by atoms with Crippen molar-refractivity contribution < 1.29 is 9.90 Å². The maximum Gasteiger partial charge on any atom is 0.310 e. The summed E-state index contributed by atoms with van der Waals surface area (Å²) in [5.74, 6) is -1.11. The number of aliphatic carboxylic acids is 1. The predicted molar refractivity (Wildman–Crippen MR) is 73.8 cm³/mol. The zero-order chi connectivity index (χ0) is 13.0. The van der Waals surface area contributed by atoms with Crippen LogP contribution in [-0.2, 0) is 4.79 Å². The van der Waals surface area contributed by atoms with Crippen molar-refractivity contribution >= 4 is 16.7 Å². The zero-order valence-corrected chi connectivity index (χ0v) is 10.6. The van der Waals surface area contributed by atoms with E-state index in [4.69, 9.17) is 0 Å². The molecule has 0 heterocycles. The molecule has 2 rings (SSSR count). The lowest BCUT2D eigenvalue weighted by Crippen LogP contribution is -2.12. The van der Waals surface area contributed by atoms with E-state index in [-0.39, 0.29) is 0 Å². The fourth-order valence-electron chi connectivity index (χ4n) is 2.37. The summed E-state index contributed by atoms with van der Waals surface area (Å²) in [5.41, 5.74) is 0.939. The number of carboxylic acid groups (broad SMARTS) is 1. The fourth-order valence-corrected chi connectivity index (χ4v) is 2.37. The van der Waals surface area contributed by atoms with Crippen LogP contribution in [0.15, 0.2) is 42.5 Å². The summed E-state index contributed by atoms with van der Waals surface area (Å²) in [4.78, 5) is 11.4. The van der Waals surface area contributed by atoms with Crippen molar-refractivity contribution in [2.24, 2.45) is 0 Å². The second kappa shape index (κ2) is 5.67. The lowest BCUT2D eigenvalue weighted by molar-refractivity contribution is -0.139. The summed E-state index contributed by atoms with van der Waals surface area (Å²) < 4.78 is 0. The quantitative estimate of drug-likeness (QED) is 0.853. The van der Waals surface area contributed by atoms with Crippen molar-refractivity contribution in [2.75, 3.05) is 0 Å². The first-order valence-electron chi connectivity index (χ1n) is 6.44. The van der Waals surface area contributed by atoms with Gasteiger partial charge in [-0.05, 0) is 22.8 Å². The van der Waals surface area contributed by atoms with Crippen LogP contribution in [0.1, 0.15) is 37.7 Å². The Labute approximate surface area is 107 Å². The summed E-state index contributed by atoms with van der Waals surface area (Å²) in [6.45, 7) is 2.09. The average Bonchev–Trinajstić information content (AvgIpc) is 2.39. The van der Waals surface area contributed by atoms with Gasteiger partial charge in [0.25, 0.3) is 0 Å². The van der Waals surface area contributed by atoms with Crippen molar-refractivity contribution in [3.63, 3.8) is 0 Å². The van der Waals surface area contributed by atoms with E-state index < -0.39 is 11.9 Å². The van der Waals surface area contributed by atoms with E-state index in [1.165, 1.54) is 0 Å². The van der Waals surface area contributed by atoms with E-state index >= 15 is 0 Å². The van der Waals surface area contributed by atoms with Gasteiger partial charge < -0.3 is 5.11 Å². The molecule has 2 nitrogen and oxygen atoms in total. The van der Waals surface area contributed by atoms with E-state index in [0.29, 0.717) is 6.42 Å². The fraction of sp³-hybridized carbons (Fsp3) is 0.312. The lowest BCUT2D eigenvalue weighted by Gasteiger charge is -2.14. The molecular weight excluding hydrogens is 224 g/mol. The molecular formula is C16H18O2. The molecule has 2 heteroatoms. The standard InChI is InChI=1S/C16H18O2/c1-2-3-9-15(16(17)18)14-11-6-8-12-7-4-5-10-13(12)14/h4-8,10-11,15H,2-3,9H2,1H3,(H,17,18). The molecule has 2 aromatic carbocycles. The van der Waals surface area contributed by atoms with Crippen molar-refractivity contribution in [2.45, 2.75) is 32.1 Å². The Morgan fingerprint density at radius 1 is 1.17 bits per heavy atom. The minimum Gasteiger partial charge on any atom is -0.481 e. The molecule has 0 saturated heterocycles. The first kappa shape index (κ1) is 12.6. The van der Waals surface area contributed by atoms with Crippen molar-refractivity contribution in [1.82, 2.24) is 0 Å². The molecule has 0 aliphatic heterocycles. The number of hydrogen-bond donors (Lipinski definition) is 1. The number of unbranched alkanes of at least 4 members (excludes halogenated alkanes) is 1. The summed E-state index contributed by atoms with van der Waals surface area (Å²) in [6.07, 6.45) is 2.68. The van der Waals surface area contributed by atoms with Crippen molar-refractivity contribution in [3.8, 4) is 0 Å². The normalized spacial score (nSPS) is 12.5. The molecule has 2 aromatic rings. The molecule has 18 heavy (non-hydrogen) atoms. The van der Waals surface area contributed by atoms with E-state index in [1.54, 1.807) is 0 Å². The van der Waals surface area contributed by atoms with Gasteiger partial charge in [-0.2, -0.15) is 0 Å². The van der Waals surface area contributed by atoms with Crippen LogP contribution in [0, 0.1) is 0 Å². The first-order chi connectivity index (χ1) is 8.74. The minimum atomic E-state index is -0.722. The third-order valence-electron chi connectivity index (χ3n) is 3.34. The lowest BCUT2D eigenvalue weighted by atomic mass is 9.90. The van der Waals surface area contributed by atoms with Gasteiger partial charge in [-0.1, -0.05) is 62.2 Å². The van der Waals surface area contributed by atoms with E-state index in [9.17, 15) is 9.90 Å². The SMILES string of the molecule is CCCCC(C(=O)O)c1cccc2ccccc12. The van der Waals surface area contributed by atoms with Gasteiger partial charge in [0, 0.05) is 0 Å². The van der Waals surface area contributed by atoms with E-state index in [1.807, 2.05) is 42.5 Å². The predicted octanol–water partition coefficient (Wildman–Crippen LogP) is 4.20. The summed E-state index contributed by atoms with van der Waals surface area (Å²) in [7, 11) is 0. The molecule has 1 N–H and O–H groups in total. The van der Waals surface area contributed by atoms with Crippen LogP contribution >= 0.6 is 0 Å². The monoisotopic (exact) mass is 242 g/mol. The molecule has 0 amide bonds. The highest BCUT2D eigenvalue weighted by atomic mass is 16.4. The van der Waals surface area contributed by atoms with Crippen LogP contribution in [0.4, 0.5) is 0 Å². The molecule has 0 aliphatic carbocycles. The summed E-state index contributed by atoms with van der Waals surface area (Å²) in [6, 6.07) is 13.9. The Bertz CT molecular complexity index is 540. The molecule has 0 bridgehead atoms. The number of hydrogen-bond acceptors (Lipinski definition) is 1. The topological polar surface area (TPSA) is 37.3 Å². The van der Waals surface area contributed by atoms with Crippen LogP contribution in [0.25, 0.3) is 10.8 Å². The van der Waals surface area contributed by atoms with Gasteiger partial charge in [0.05, 0.1) is 5.92 Å². The van der Waals surface area contributed by atoms with Crippen molar-refractivity contribution in [1.29, 1.82) is 0 Å². The minimum absolute atomic E-state index is 0.393. The number of rotatable bonds is 5. The van der Waals surface area contributed by atoms with Gasteiger partial charge in [0.15, 0.2) is 0 Å². The van der Waals surface area contributed by atoms with Crippen LogP contribution in [0.5, 0.6) is 0 Å². The Kier molecular flexibility index (Phi) is 3.98. The Morgan fingerprint density at radius 3 is 2.61 bits per heavy atom. The number of carboxylic acids is 1. The molecule has 0 aromatic heterocycles. The molecule has 0 spiro atoms. The van der Waals surface area contributed by atoms with Crippen LogP contribution in [0.2, 0.25) is 0 Å². The maximum atomic E-state index is 11.4. The Hall–Kier alpha value is -1.83. The molecule has 1 atom stereocenters.